The zero-order valence-electron chi connectivity index (χ0n) is 23.1. The fraction of sp³-hybridized carbons (Fsp3) is 0.618. The van der Waals surface area contributed by atoms with Crippen LogP contribution in [0.5, 0.6) is 5.75 Å². The van der Waals surface area contributed by atoms with E-state index in [0.717, 1.165) is 50.9 Å². The summed E-state index contributed by atoms with van der Waals surface area (Å²) in [6.45, 7) is 5.33. The third-order valence-electron chi connectivity index (χ3n) is 8.28. The molecule has 0 unspecified atom stereocenters. The summed E-state index contributed by atoms with van der Waals surface area (Å²) in [6.07, 6.45) is 19.7. The smallest absolute Gasteiger partial charge is 0.119 e. The topological polar surface area (TPSA) is 33.0 Å². The zero-order chi connectivity index (χ0) is 25.5. The average molecular weight is 488 g/mol. The molecular formula is C34H49NO. The summed E-state index contributed by atoms with van der Waals surface area (Å²) in [5.41, 5.74) is 3.87. The lowest BCUT2D eigenvalue weighted by Gasteiger charge is -2.35. The molecule has 1 saturated carbocycles. The second-order valence-electron chi connectivity index (χ2n) is 11.1. The van der Waals surface area contributed by atoms with Gasteiger partial charge in [0.25, 0.3) is 0 Å². The number of nitrogens with zero attached hydrogens (tertiary/aromatic N) is 1. The second-order valence-corrected chi connectivity index (χ2v) is 11.1. The van der Waals surface area contributed by atoms with E-state index in [2.05, 4.69) is 68.4 Å². The number of nitriles is 1. The van der Waals surface area contributed by atoms with Gasteiger partial charge in [-0.1, -0.05) is 114 Å². The predicted octanol–water partition coefficient (Wildman–Crippen LogP) is 10.6. The van der Waals surface area contributed by atoms with Crippen LogP contribution < -0.4 is 4.74 Å². The van der Waals surface area contributed by atoms with E-state index in [-0.39, 0.29) is 5.41 Å². The number of unbranched alkanes of at least 4 members (excludes halogenated alkanes) is 9. The summed E-state index contributed by atoms with van der Waals surface area (Å²) in [6, 6.07) is 20.4. The van der Waals surface area contributed by atoms with Crippen LogP contribution in [-0.2, 0) is 0 Å². The van der Waals surface area contributed by atoms with E-state index in [9.17, 15) is 5.26 Å². The minimum absolute atomic E-state index is 0.0679. The van der Waals surface area contributed by atoms with Crippen molar-refractivity contribution < 1.29 is 4.74 Å². The molecule has 0 spiro atoms. The maximum absolute atomic E-state index is 9.92. The number of benzene rings is 2. The van der Waals surface area contributed by atoms with E-state index < -0.39 is 0 Å². The molecule has 1 aliphatic carbocycles. The van der Waals surface area contributed by atoms with Crippen LogP contribution in [-0.4, -0.2) is 6.61 Å². The molecule has 0 amide bonds. The largest absolute Gasteiger partial charge is 0.494 e. The van der Waals surface area contributed by atoms with Crippen molar-refractivity contribution in [2.45, 2.75) is 122 Å². The van der Waals surface area contributed by atoms with Crippen molar-refractivity contribution in [3.63, 3.8) is 0 Å². The van der Waals surface area contributed by atoms with Crippen LogP contribution in [0.25, 0.3) is 11.1 Å². The van der Waals surface area contributed by atoms with Gasteiger partial charge in [-0.3, -0.25) is 0 Å². The first-order valence-corrected chi connectivity index (χ1v) is 14.9. The quantitative estimate of drug-likeness (QED) is 0.221. The molecule has 2 nitrogen and oxygen atoms in total. The van der Waals surface area contributed by atoms with Crippen LogP contribution in [0.2, 0.25) is 0 Å². The Bertz CT molecular complexity index is 884. The lowest BCUT2D eigenvalue weighted by Crippen LogP contribution is -2.25. The highest BCUT2D eigenvalue weighted by molar-refractivity contribution is 5.64. The third kappa shape index (κ3) is 8.99. The third-order valence-corrected chi connectivity index (χ3v) is 8.28. The Balaban J connectivity index is 1.43. The van der Waals surface area contributed by atoms with E-state index in [1.807, 2.05) is 0 Å². The summed E-state index contributed by atoms with van der Waals surface area (Å²) >= 11 is 0. The molecule has 2 aromatic rings. The monoisotopic (exact) mass is 487 g/mol. The van der Waals surface area contributed by atoms with Crippen LogP contribution in [0.1, 0.15) is 128 Å². The number of rotatable bonds is 16. The van der Waals surface area contributed by atoms with Gasteiger partial charge in [-0.25, -0.2) is 0 Å². The van der Waals surface area contributed by atoms with Gasteiger partial charge in [0.1, 0.15) is 5.75 Å². The first-order chi connectivity index (χ1) is 17.7. The van der Waals surface area contributed by atoms with Gasteiger partial charge in [-0.15, -0.1) is 0 Å². The summed E-state index contributed by atoms with van der Waals surface area (Å²) in [5.74, 6) is 1.57. The Hall–Kier alpha value is -2.27. The highest BCUT2D eigenvalue weighted by Gasteiger charge is 2.35. The van der Waals surface area contributed by atoms with E-state index in [1.165, 1.54) is 80.9 Å². The fourth-order valence-corrected chi connectivity index (χ4v) is 5.75. The highest BCUT2D eigenvalue weighted by Crippen LogP contribution is 2.46. The predicted molar refractivity (Wildman–Crippen MR) is 153 cm³/mol. The molecule has 0 aromatic heterocycles. The molecule has 0 aliphatic heterocycles. The van der Waals surface area contributed by atoms with Crippen molar-refractivity contribution in [2.24, 2.45) is 5.41 Å². The maximum atomic E-state index is 9.92. The molecule has 3 rings (SSSR count). The standard InChI is InChI=1S/C34H49NO/c1-3-5-7-9-11-13-27-36-33-20-18-31(19-21-33)29-14-16-30(17-15-29)32-22-25-34(28-35,26-23-32)24-12-10-8-6-4-2/h14-21,32H,3-13,22-27H2,1-2H3/t32-,34-. The minimum Gasteiger partial charge on any atom is -0.494 e. The molecule has 0 heterocycles. The minimum atomic E-state index is -0.0679. The molecule has 0 saturated heterocycles. The Morgan fingerprint density at radius 2 is 1.25 bits per heavy atom. The maximum Gasteiger partial charge on any atom is 0.119 e. The fourth-order valence-electron chi connectivity index (χ4n) is 5.75. The second kappa shape index (κ2) is 15.8. The molecule has 0 N–H and O–H groups in total. The van der Waals surface area contributed by atoms with Crippen molar-refractivity contribution in [1.82, 2.24) is 0 Å². The van der Waals surface area contributed by atoms with Crippen LogP contribution in [0.4, 0.5) is 0 Å². The Kier molecular flexibility index (Phi) is 12.4. The van der Waals surface area contributed by atoms with Gasteiger partial charge in [0.2, 0.25) is 0 Å². The Morgan fingerprint density at radius 1 is 0.722 bits per heavy atom. The molecule has 0 bridgehead atoms. The van der Waals surface area contributed by atoms with E-state index in [4.69, 9.17) is 4.74 Å². The first kappa shape index (κ1) is 28.3. The lowest BCUT2D eigenvalue weighted by atomic mass is 9.67. The molecule has 1 fully saturated rings. The molecule has 196 valence electrons. The molecule has 1 aliphatic rings. The number of ether oxygens (including phenoxy) is 1. The van der Waals surface area contributed by atoms with Crippen molar-refractivity contribution in [3.05, 3.63) is 54.1 Å². The van der Waals surface area contributed by atoms with Crippen LogP contribution in [0, 0.1) is 16.7 Å². The van der Waals surface area contributed by atoms with Crippen molar-refractivity contribution in [3.8, 4) is 22.9 Å². The molecule has 2 aromatic carbocycles. The molecule has 0 radical (unpaired) electrons. The normalized spacial score (nSPS) is 19.6. The first-order valence-electron chi connectivity index (χ1n) is 14.9. The van der Waals surface area contributed by atoms with Crippen LogP contribution >= 0.6 is 0 Å². The summed E-state index contributed by atoms with van der Waals surface area (Å²) in [7, 11) is 0. The van der Waals surface area contributed by atoms with E-state index >= 15 is 0 Å². The van der Waals surface area contributed by atoms with Gasteiger partial charge in [-0.2, -0.15) is 5.26 Å². The van der Waals surface area contributed by atoms with Crippen molar-refractivity contribution in [2.75, 3.05) is 6.61 Å². The summed E-state index contributed by atoms with van der Waals surface area (Å²) in [4.78, 5) is 0. The van der Waals surface area contributed by atoms with Gasteiger partial charge >= 0.3 is 0 Å². The van der Waals surface area contributed by atoms with E-state index in [1.54, 1.807) is 0 Å². The lowest BCUT2D eigenvalue weighted by molar-refractivity contribution is 0.223. The number of hydrogen-bond acceptors (Lipinski definition) is 2. The number of hydrogen-bond donors (Lipinski definition) is 0. The Labute approximate surface area is 221 Å². The molecular weight excluding hydrogens is 438 g/mol. The van der Waals surface area contributed by atoms with Gasteiger partial charge in [0, 0.05) is 0 Å². The highest BCUT2D eigenvalue weighted by atomic mass is 16.5. The summed E-state index contributed by atoms with van der Waals surface area (Å²) in [5, 5.41) is 9.92. The zero-order valence-corrected chi connectivity index (χ0v) is 23.1. The van der Waals surface area contributed by atoms with Crippen LogP contribution in [0.15, 0.2) is 48.5 Å². The summed E-state index contributed by atoms with van der Waals surface area (Å²) < 4.78 is 5.95. The van der Waals surface area contributed by atoms with Crippen molar-refractivity contribution in [1.29, 1.82) is 5.26 Å². The van der Waals surface area contributed by atoms with E-state index in [0.29, 0.717) is 5.92 Å². The molecule has 2 heteroatoms. The SMILES string of the molecule is CCCCCCCCOc1ccc(-c2ccc([C@H]3CC[C@@](C#N)(CCCCCCC)CC3)cc2)cc1. The average Bonchev–Trinajstić information content (AvgIpc) is 2.93. The van der Waals surface area contributed by atoms with Crippen molar-refractivity contribution >= 4 is 0 Å². The van der Waals surface area contributed by atoms with Gasteiger partial charge in [0.15, 0.2) is 0 Å². The molecule has 0 atom stereocenters. The Morgan fingerprint density at radius 3 is 1.83 bits per heavy atom. The van der Waals surface area contributed by atoms with Gasteiger partial charge in [-0.05, 0) is 73.3 Å². The molecule has 36 heavy (non-hydrogen) atoms. The van der Waals surface area contributed by atoms with Crippen LogP contribution in [0.3, 0.4) is 0 Å². The van der Waals surface area contributed by atoms with Gasteiger partial charge in [0.05, 0.1) is 18.1 Å². The van der Waals surface area contributed by atoms with Gasteiger partial charge < -0.3 is 4.74 Å².